The van der Waals surface area contributed by atoms with Crippen LogP contribution >= 0.6 is 0 Å². The molecule has 0 N–H and O–H groups in total. The molecule has 2 heterocycles. The molecule has 4 aromatic carbocycles. The van der Waals surface area contributed by atoms with Crippen LogP contribution in [0.1, 0.15) is 28.7 Å². The van der Waals surface area contributed by atoms with E-state index in [2.05, 4.69) is 121 Å². The first-order valence-electron chi connectivity index (χ1n) is 13.4. The Hall–Kier alpha value is -3.92. The van der Waals surface area contributed by atoms with Crippen molar-refractivity contribution in [2.75, 3.05) is 0 Å². The molecule has 37 heavy (non-hydrogen) atoms. The molecule has 4 nitrogen and oxygen atoms in total. The third kappa shape index (κ3) is 2.68. The number of hydrogen-bond acceptors (Lipinski definition) is 4. The van der Waals surface area contributed by atoms with Crippen LogP contribution in [-0.4, -0.2) is 12.1 Å². The lowest BCUT2D eigenvalue weighted by atomic mass is 9.59. The highest BCUT2D eigenvalue weighted by Gasteiger charge is 2.72. The predicted octanol–water partition coefficient (Wildman–Crippen LogP) is 7.42. The van der Waals surface area contributed by atoms with E-state index in [4.69, 9.17) is 20.5 Å². The fourth-order valence-corrected chi connectivity index (χ4v) is 8.33. The van der Waals surface area contributed by atoms with Crippen molar-refractivity contribution in [1.29, 1.82) is 0 Å². The van der Waals surface area contributed by atoms with Crippen molar-refractivity contribution in [3.8, 4) is 0 Å². The molecule has 2 bridgehead atoms. The SMILES string of the molecule is c1ccc(C2(c3ccccc3)N=N[C@@H]3[C@H]4C[C@@H]([C@@H]5N=NC(c6ccccc6)(c6ccccc6)[C@@H]45)[C@@H]32)cc1. The Morgan fingerprint density at radius 2 is 0.730 bits per heavy atom. The van der Waals surface area contributed by atoms with Gasteiger partial charge in [0.25, 0.3) is 0 Å². The molecular formula is C33H28N4. The molecular weight excluding hydrogens is 452 g/mol. The maximum Gasteiger partial charge on any atom is 0.137 e. The molecule has 2 aliphatic carbocycles. The van der Waals surface area contributed by atoms with E-state index in [0.717, 1.165) is 6.42 Å². The summed E-state index contributed by atoms with van der Waals surface area (Å²) in [6, 6.07) is 43.5. The molecule has 0 saturated heterocycles. The largest absolute Gasteiger partial charge is 0.189 e. The molecule has 8 rings (SSSR count). The first-order valence-corrected chi connectivity index (χ1v) is 13.4. The van der Waals surface area contributed by atoms with E-state index in [1.54, 1.807) is 0 Å². The molecule has 0 amide bonds. The van der Waals surface area contributed by atoms with Crippen LogP contribution in [0.5, 0.6) is 0 Å². The fraction of sp³-hybridized carbons (Fsp3) is 0.273. The molecule has 0 unspecified atom stereocenters. The van der Waals surface area contributed by atoms with Gasteiger partial charge in [-0.25, -0.2) is 0 Å². The zero-order valence-electron chi connectivity index (χ0n) is 20.5. The Labute approximate surface area is 217 Å². The fourth-order valence-electron chi connectivity index (χ4n) is 8.33. The van der Waals surface area contributed by atoms with Gasteiger partial charge >= 0.3 is 0 Å². The molecule has 0 aromatic heterocycles. The highest BCUT2D eigenvalue weighted by molar-refractivity contribution is 5.47. The number of rotatable bonds is 4. The summed E-state index contributed by atoms with van der Waals surface area (Å²) in [5.74, 6) is 1.33. The van der Waals surface area contributed by atoms with Gasteiger partial charge in [-0.2, -0.15) is 20.5 Å². The van der Waals surface area contributed by atoms with Crippen molar-refractivity contribution in [2.45, 2.75) is 29.6 Å². The number of benzene rings is 4. The van der Waals surface area contributed by atoms with Crippen LogP contribution in [0.2, 0.25) is 0 Å². The van der Waals surface area contributed by atoms with Crippen molar-refractivity contribution >= 4 is 0 Å². The summed E-state index contributed by atoms with van der Waals surface area (Å²) in [7, 11) is 0. The van der Waals surface area contributed by atoms with Crippen LogP contribution in [0.4, 0.5) is 0 Å². The van der Waals surface area contributed by atoms with Crippen molar-refractivity contribution in [2.24, 2.45) is 44.1 Å². The summed E-state index contributed by atoms with van der Waals surface area (Å²) < 4.78 is 0. The van der Waals surface area contributed by atoms with Gasteiger partial charge in [-0.3, -0.25) is 0 Å². The standard InChI is InChI=1S/C33H28N4/c1-5-13-22(14-6-1)32(23-15-7-2-8-16-23)28-26-21-27(30(28)34-36-32)29-31(26)35-37-33(29,24-17-9-3-10-18-24)25-19-11-4-12-20-25/h1-20,26-31H,21H2/t26-,27+,28-,29-,30-,31+/m0/s1. The van der Waals surface area contributed by atoms with Gasteiger partial charge in [-0.05, 0) is 40.5 Å². The molecule has 4 heteroatoms. The zero-order chi connectivity index (χ0) is 24.5. The predicted molar refractivity (Wildman–Crippen MR) is 143 cm³/mol. The number of azo groups is 2. The van der Waals surface area contributed by atoms with Crippen molar-refractivity contribution in [1.82, 2.24) is 0 Å². The summed E-state index contributed by atoms with van der Waals surface area (Å²) in [6.07, 6.45) is 1.13. The molecule has 2 fully saturated rings. The van der Waals surface area contributed by atoms with E-state index < -0.39 is 11.1 Å². The van der Waals surface area contributed by atoms with E-state index in [9.17, 15) is 0 Å². The van der Waals surface area contributed by atoms with Crippen LogP contribution in [0.15, 0.2) is 142 Å². The Bertz CT molecular complexity index is 1290. The second-order valence-electron chi connectivity index (χ2n) is 11.0. The third-order valence-electron chi connectivity index (χ3n) is 9.60. The van der Waals surface area contributed by atoms with Gasteiger partial charge in [-0.1, -0.05) is 121 Å². The first kappa shape index (κ1) is 21.2. The summed E-state index contributed by atoms with van der Waals surface area (Å²) in [4.78, 5) is 0. The van der Waals surface area contributed by atoms with Gasteiger partial charge in [0.05, 0.1) is 12.1 Å². The maximum absolute atomic E-state index is 5.21. The normalized spacial score (nSPS) is 31.4. The van der Waals surface area contributed by atoms with Gasteiger partial charge in [0.1, 0.15) is 11.1 Å². The van der Waals surface area contributed by atoms with Gasteiger partial charge in [-0.15, -0.1) is 0 Å². The van der Waals surface area contributed by atoms with Gasteiger partial charge in [0, 0.05) is 11.8 Å². The molecule has 4 aromatic rings. The summed E-state index contributed by atoms with van der Waals surface area (Å²) in [5.41, 5.74) is 3.97. The molecule has 6 atom stereocenters. The Morgan fingerprint density at radius 1 is 0.432 bits per heavy atom. The Kier molecular flexibility index (Phi) is 4.46. The molecule has 0 radical (unpaired) electrons. The Balaban J connectivity index is 1.29. The van der Waals surface area contributed by atoms with Crippen molar-refractivity contribution in [3.05, 3.63) is 144 Å². The van der Waals surface area contributed by atoms with Crippen LogP contribution < -0.4 is 0 Å². The second kappa shape index (κ2) is 7.79. The topological polar surface area (TPSA) is 49.4 Å². The monoisotopic (exact) mass is 480 g/mol. The Morgan fingerprint density at radius 3 is 1.03 bits per heavy atom. The highest BCUT2D eigenvalue weighted by atomic mass is 15.3. The lowest BCUT2D eigenvalue weighted by Gasteiger charge is -2.43. The summed E-state index contributed by atoms with van der Waals surface area (Å²) >= 11 is 0. The molecule has 2 aliphatic heterocycles. The average molecular weight is 481 g/mol. The lowest BCUT2D eigenvalue weighted by Crippen LogP contribution is -2.50. The van der Waals surface area contributed by atoms with E-state index in [1.165, 1.54) is 22.3 Å². The summed E-state index contributed by atoms with van der Waals surface area (Å²) in [5, 5.41) is 20.7. The minimum atomic E-state index is -0.474. The average Bonchev–Trinajstić information content (AvgIpc) is 3.74. The quantitative estimate of drug-likeness (QED) is 0.292. The first-order chi connectivity index (χ1) is 18.3. The minimum absolute atomic E-state index is 0.168. The van der Waals surface area contributed by atoms with E-state index in [1.807, 2.05) is 0 Å². The van der Waals surface area contributed by atoms with E-state index >= 15 is 0 Å². The van der Waals surface area contributed by atoms with Crippen molar-refractivity contribution in [3.63, 3.8) is 0 Å². The molecule has 0 spiro atoms. The van der Waals surface area contributed by atoms with Crippen LogP contribution in [0.3, 0.4) is 0 Å². The number of hydrogen-bond donors (Lipinski definition) is 0. The van der Waals surface area contributed by atoms with Crippen molar-refractivity contribution < 1.29 is 0 Å². The van der Waals surface area contributed by atoms with Gasteiger partial charge in [0.15, 0.2) is 0 Å². The van der Waals surface area contributed by atoms with Crippen LogP contribution in [0, 0.1) is 23.7 Å². The summed E-state index contributed by atoms with van der Waals surface area (Å²) in [6.45, 7) is 0. The maximum atomic E-state index is 5.21. The lowest BCUT2D eigenvalue weighted by molar-refractivity contribution is 0.147. The van der Waals surface area contributed by atoms with Crippen LogP contribution in [-0.2, 0) is 11.1 Å². The van der Waals surface area contributed by atoms with Crippen LogP contribution in [0.25, 0.3) is 0 Å². The zero-order valence-corrected chi connectivity index (χ0v) is 20.5. The second-order valence-corrected chi connectivity index (χ2v) is 11.0. The van der Waals surface area contributed by atoms with Gasteiger partial charge in [0.2, 0.25) is 0 Å². The van der Waals surface area contributed by atoms with Gasteiger partial charge < -0.3 is 0 Å². The third-order valence-corrected chi connectivity index (χ3v) is 9.60. The molecule has 2 saturated carbocycles. The molecule has 180 valence electrons. The molecule has 4 aliphatic rings. The highest BCUT2D eigenvalue weighted by Crippen LogP contribution is 2.70. The number of nitrogens with zero attached hydrogens (tertiary/aromatic N) is 4. The van der Waals surface area contributed by atoms with E-state index in [0.29, 0.717) is 11.8 Å². The van der Waals surface area contributed by atoms with E-state index in [-0.39, 0.29) is 23.9 Å². The number of fused-ring (bicyclic) bond motifs is 8. The minimum Gasteiger partial charge on any atom is -0.189 e. The smallest absolute Gasteiger partial charge is 0.137 e.